The molecule has 0 aliphatic heterocycles. The van der Waals surface area contributed by atoms with Crippen LogP contribution in [0, 0.1) is 10.1 Å². The van der Waals surface area contributed by atoms with Gasteiger partial charge in [-0.25, -0.2) is 0 Å². The lowest BCUT2D eigenvalue weighted by atomic mass is 10.1. The molecule has 0 aliphatic carbocycles. The van der Waals surface area contributed by atoms with Gasteiger partial charge < -0.3 is 9.84 Å². The summed E-state index contributed by atoms with van der Waals surface area (Å²) in [6, 6.07) is 10.5. The number of phenolic OH excluding ortho intramolecular Hbond substituents is 1. The quantitative estimate of drug-likeness (QED) is 0.396. The molecule has 0 aromatic heterocycles. The summed E-state index contributed by atoms with van der Waals surface area (Å²) in [4.78, 5) is 22.0. The predicted octanol–water partition coefficient (Wildman–Crippen LogP) is 3.21. The number of hydrogen-bond donors (Lipinski definition) is 1. The molecule has 2 aromatic rings. The number of carbonyl (C=O) groups excluding carboxylic acids is 1. The van der Waals surface area contributed by atoms with E-state index in [0.29, 0.717) is 16.9 Å². The molecule has 0 fully saturated rings. The molecular weight excluding hydrogens is 286 g/mol. The van der Waals surface area contributed by atoms with Gasteiger partial charge in [-0.05, 0) is 42.0 Å². The van der Waals surface area contributed by atoms with Gasteiger partial charge in [0.05, 0.1) is 12.0 Å². The number of hydrogen-bond acceptors (Lipinski definition) is 5. The van der Waals surface area contributed by atoms with Crippen LogP contribution in [0.5, 0.6) is 11.5 Å². The molecule has 0 radical (unpaired) electrons. The Balaban J connectivity index is 2.18. The lowest BCUT2D eigenvalue weighted by molar-refractivity contribution is -0.385. The number of benzene rings is 2. The van der Waals surface area contributed by atoms with Crippen molar-refractivity contribution in [1.29, 1.82) is 0 Å². The lowest BCUT2D eigenvalue weighted by Gasteiger charge is -2.00. The average Bonchev–Trinajstić information content (AvgIpc) is 2.53. The Bertz CT molecular complexity index is 735. The van der Waals surface area contributed by atoms with Crippen molar-refractivity contribution in [1.82, 2.24) is 0 Å². The van der Waals surface area contributed by atoms with E-state index in [0.717, 1.165) is 0 Å². The van der Waals surface area contributed by atoms with Gasteiger partial charge in [-0.1, -0.05) is 12.1 Å². The highest BCUT2D eigenvalue weighted by Crippen LogP contribution is 2.26. The molecule has 6 nitrogen and oxygen atoms in total. The highest BCUT2D eigenvalue weighted by Gasteiger charge is 2.12. The zero-order valence-corrected chi connectivity index (χ0v) is 11.7. The number of aromatic hydroxyl groups is 1. The molecule has 0 aliphatic rings. The summed E-state index contributed by atoms with van der Waals surface area (Å²) in [6.45, 7) is 0. The summed E-state index contributed by atoms with van der Waals surface area (Å²) in [7, 11) is 1.54. The van der Waals surface area contributed by atoms with E-state index in [2.05, 4.69) is 0 Å². The predicted molar refractivity (Wildman–Crippen MR) is 81.1 cm³/mol. The van der Waals surface area contributed by atoms with E-state index in [1.807, 2.05) is 0 Å². The van der Waals surface area contributed by atoms with Crippen molar-refractivity contribution >= 4 is 17.5 Å². The summed E-state index contributed by atoms with van der Waals surface area (Å²) in [5.41, 5.74) is 0.524. The van der Waals surface area contributed by atoms with Crippen LogP contribution in [-0.2, 0) is 0 Å². The van der Waals surface area contributed by atoms with Gasteiger partial charge in [0.15, 0.2) is 11.5 Å². The monoisotopic (exact) mass is 299 g/mol. The van der Waals surface area contributed by atoms with Crippen molar-refractivity contribution in [3.8, 4) is 11.5 Å². The SMILES string of the molecule is COc1ccc(C(=O)C=Cc2ccc(O)c([N+](=O)[O-])c2)cc1. The van der Waals surface area contributed by atoms with Crippen LogP contribution in [-0.4, -0.2) is 22.9 Å². The van der Waals surface area contributed by atoms with Crippen LogP contribution in [0.2, 0.25) is 0 Å². The largest absolute Gasteiger partial charge is 0.502 e. The van der Waals surface area contributed by atoms with Crippen molar-refractivity contribution < 1.29 is 19.6 Å². The standard InChI is InChI=1S/C16H13NO5/c1-22-13-6-4-12(5-7-13)15(18)8-2-11-3-9-16(19)14(10-11)17(20)21/h2-10,19H,1H3. The molecule has 112 valence electrons. The van der Waals surface area contributed by atoms with E-state index < -0.39 is 16.4 Å². The number of nitro benzene ring substituents is 1. The van der Waals surface area contributed by atoms with E-state index in [9.17, 15) is 20.0 Å². The van der Waals surface area contributed by atoms with Gasteiger partial charge in [-0.3, -0.25) is 14.9 Å². The number of nitrogens with zero attached hydrogens (tertiary/aromatic N) is 1. The summed E-state index contributed by atoms with van der Waals surface area (Å²) in [5, 5.41) is 20.1. The molecule has 0 spiro atoms. The smallest absolute Gasteiger partial charge is 0.311 e. The van der Waals surface area contributed by atoms with Crippen LogP contribution in [0.15, 0.2) is 48.5 Å². The van der Waals surface area contributed by atoms with Crippen molar-refractivity contribution in [2.75, 3.05) is 7.11 Å². The summed E-state index contributed by atoms with van der Waals surface area (Å²) in [6.07, 6.45) is 2.77. The maximum Gasteiger partial charge on any atom is 0.311 e. The third kappa shape index (κ3) is 3.49. The van der Waals surface area contributed by atoms with Crippen LogP contribution < -0.4 is 4.74 Å². The Morgan fingerprint density at radius 3 is 2.50 bits per heavy atom. The number of ether oxygens (including phenoxy) is 1. The van der Waals surface area contributed by atoms with Crippen LogP contribution >= 0.6 is 0 Å². The Kier molecular flexibility index (Phi) is 4.53. The lowest BCUT2D eigenvalue weighted by Crippen LogP contribution is -1.94. The highest BCUT2D eigenvalue weighted by atomic mass is 16.6. The molecule has 0 unspecified atom stereocenters. The van der Waals surface area contributed by atoms with Crippen LogP contribution in [0.1, 0.15) is 15.9 Å². The molecule has 0 atom stereocenters. The fourth-order valence-electron chi connectivity index (χ4n) is 1.81. The second-order valence-corrected chi connectivity index (χ2v) is 4.43. The first-order valence-corrected chi connectivity index (χ1v) is 6.35. The van der Waals surface area contributed by atoms with Gasteiger partial charge in [0.25, 0.3) is 0 Å². The first-order valence-electron chi connectivity index (χ1n) is 6.35. The minimum absolute atomic E-state index is 0.238. The van der Waals surface area contributed by atoms with Gasteiger partial charge in [0.1, 0.15) is 5.75 Å². The van der Waals surface area contributed by atoms with Crippen molar-refractivity contribution in [3.05, 3.63) is 69.8 Å². The van der Waals surface area contributed by atoms with Crippen molar-refractivity contribution in [3.63, 3.8) is 0 Å². The third-order valence-corrected chi connectivity index (χ3v) is 3.00. The Labute approximate surface area is 126 Å². The van der Waals surface area contributed by atoms with Gasteiger partial charge in [-0.2, -0.15) is 0 Å². The van der Waals surface area contributed by atoms with Gasteiger partial charge >= 0.3 is 5.69 Å². The highest BCUT2D eigenvalue weighted by molar-refractivity contribution is 6.06. The first kappa shape index (κ1) is 15.2. The number of rotatable bonds is 5. The third-order valence-electron chi connectivity index (χ3n) is 3.00. The molecular formula is C16H13NO5. The number of ketones is 1. The van der Waals surface area contributed by atoms with Gasteiger partial charge in [0.2, 0.25) is 0 Å². The summed E-state index contributed by atoms with van der Waals surface area (Å²) in [5.74, 6) is -0.00305. The maximum atomic E-state index is 12.0. The minimum atomic E-state index is -0.683. The molecule has 0 saturated heterocycles. The van der Waals surface area contributed by atoms with Gasteiger partial charge in [-0.15, -0.1) is 0 Å². The van der Waals surface area contributed by atoms with E-state index >= 15 is 0 Å². The first-order chi connectivity index (χ1) is 10.5. The Morgan fingerprint density at radius 1 is 1.23 bits per heavy atom. The number of carbonyl (C=O) groups is 1. The fourth-order valence-corrected chi connectivity index (χ4v) is 1.81. The van der Waals surface area contributed by atoms with E-state index in [1.165, 1.54) is 37.5 Å². The summed E-state index contributed by atoms with van der Waals surface area (Å²) < 4.78 is 5.01. The number of allylic oxidation sites excluding steroid dienone is 1. The van der Waals surface area contributed by atoms with Crippen molar-refractivity contribution in [2.24, 2.45) is 0 Å². The summed E-state index contributed by atoms with van der Waals surface area (Å²) >= 11 is 0. The zero-order chi connectivity index (χ0) is 16.1. The van der Waals surface area contributed by atoms with E-state index in [4.69, 9.17) is 4.74 Å². The topological polar surface area (TPSA) is 89.7 Å². The molecule has 0 heterocycles. The number of phenols is 1. The molecule has 22 heavy (non-hydrogen) atoms. The van der Waals surface area contributed by atoms with E-state index in [1.54, 1.807) is 24.3 Å². The second-order valence-electron chi connectivity index (χ2n) is 4.43. The van der Waals surface area contributed by atoms with Gasteiger partial charge in [0, 0.05) is 11.6 Å². The second kappa shape index (κ2) is 6.53. The molecule has 1 N–H and O–H groups in total. The Hall–Kier alpha value is -3.15. The van der Waals surface area contributed by atoms with E-state index in [-0.39, 0.29) is 5.78 Å². The molecule has 0 saturated carbocycles. The minimum Gasteiger partial charge on any atom is -0.502 e. The number of nitro groups is 1. The number of methoxy groups -OCH3 is 1. The molecule has 0 amide bonds. The average molecular weight is 299 g/mol. The normalized spacial score (nSPS) is 10.6. The maximum absolute atomic E-state index is 12.0. The van der Waals surface area contributed by atoms with Crippen LogP contribution in [0.3, 0.4) is 0 Å². The Morgan fingerprint density at radius 2 is 1.91 bits per heavy atom. The molecule has 0 bridgehead atoms. The van der Waals surface area contributed by atoms with Crippen molar-refractivity contribution in [2.45, 2.75) is 0 Å². The fraction of sp³-hybridized carbons (Fsp3) is 0.0625. The molecule has 2 rings (SSSR count). The molecule has 6 heteroatoms. The van der Waals surface area contributed by atoms with Crippen LogP contribution in [0.25, 0.3) is 6.08 Å². The molecule has 2 aromatic carbocycles. The zero-order valence-electron chi connectivity index (χ0n) is 11.7. The van der Waals surface area contributed by atoms with Crippen LogP contribution in [0.4, 0.5) is 5.69 Å².